The molecular weight excluding hydrogens is 298 g/mol. The normalized spacial score (nSPS) is 14.6. The predicted molar refractivity (Wildman–Crippen MR) is 76.1 cm³/mol. The lowest BCUT2D eigenvalue weighted by molar-refractivity contribution is -0.155. The summed E-state index contributed by atoms with van der Waals surface area (Å²) in [7, 11) is -3.70. The third-order valence-electron chi connectivity index (χ3n) is 2.70. The van der Waals surface area contributed by atoms with Crippen molar-refractivity contribution in [1.29, 1.82) is 0 Å². The number of ether oxygens (including phenoxy) is 1. The smallest absolute Gasteiger partial charge is 0.336 e. The first-order chi connectivity index (χ1) is 9.73. The lowest BCUT2D eigenvalue weighted by Crippen LogP contribution is -2.47. The van der Waals surface area contributed by atoms with Gasteiger partial charge in [0.2, 0.25) is 10.0 Å². The van der Waals surface area contributed by atoms with E-state index in [0.717, 1.165) is 12.5 Å². The largest absolute Gasteiger partial charge is 0.479 e. The van der Waals surface area contributed by atoms with Gasteiger partial charge < -0.3 is 14.9 Å². The molecule has 0 aromatic heterocycles. The van der Waals surface area contributed by atoms with E-state index in [-0.39, 0.29) is 12.4 Å². The van der Waals surface area contributed by atoms with Gasteiger partial charge in [0, 0.05) is 6.54 Å². The second kappa shape index (κ2) is 7.51. The van der Waals surface area contributed by atoms with Crippen LogP contribution in [0.2, 0.25) is 0 Å². The van der Waals surface area contributed by atoms with Gasteiger partial charge in [0.05, 0.1) is 19.0 Å². The molecule has 118 valence electrons. The van der Waals surface area contributed by atoms with Crippen molar-refractivity contribution in [2.45, 2.75) is 19.1 Å². The molecule has 0 saturated carbocycles. The van der Waals surface area contributed by atoms with Crippen LogP contribution in [0.5, 0.6) is 0 Å². The van der Waals surface area contributed by atoms with Crippen molar-refractivity contribution in [3.63, 3.8) is 0 Å². The monoisotopic (exact) mass is 317 g/mol. The van der Waals surface area contributed by atoms with Crippen LogP contribution in [0, 0.1) is 0 Å². The zero-order chi connectivity index (χ0) is 15.9. The molecule has 21 heavy (non-hydrogen) atoms. The zero-order valence-corrected chi connectivity index (χ0v) is 12.5. The third kappa shape index (κ3) is 6.67. The summed E-state index contributed by atoms with van der Waals surface area (Å²) in [6.45, 7) is 0.690. The fraction of sp³-hybridized carbons (Fsp3) is 0.462. The van der Waals surface area contributed by atoms with Crippen molar-refractivity contribution in [1.82, 2.24) is 4.72 Å². The van der Waals surface area contributed by atoms with Crippen LogP contribution in [0.15, 0.2) is 30.3 Å². The summed E-state index contributed by atoms with van der Waals surface area (Å²) in [5.74, 6) is -1.80. The van der Waals surface area contributed by atoms with Crippen LogP contribution >= 0.6 is 0 Å². The second-order valence-corrected chi connectivity index (χ2v) is 6.68. The first-order valence-corrected chi connectivity index (χ1v) is 7.93. The van der Waals surface area contributed by atoms with Crippen LogP contribution in [-0.4, -0.2) is 49.1 Å². The molecular formula is C13H19NO6S. The van der Waals surface area contributed by atoms with E-state index in [9.17, 15) is 18.3 Å². The van der Waals surface area contributed by atoms with E-state index in [2.05, 4.69) is 0 Å². The van der Waals surface area contributed by atoms with E-state index in [4.69, 9.17) is 9.84 Å². The minimum absolute atomic E-state index is 0.0283. The molecule has 1 rings (SSSR count). The highest BCUT2D eigenvalue weighted by molar-refractivity contribution is 7.89. The highest BCUT2D eigenvalue weighted by Gasteiger charge is 2.31. The quantitative estimate of drug-likeness (QED) is 0.551. The van der Waals surface area contributed by atoms with Crippen LogP contribution < -0.4 is 4.72 Å². The van der Waals surface area contributed by atoms with Crippen molar-refractivity contribution in [3.05, 3.63) is 35.9 Å². The first kappa shape index (κ1) is 17.6. The summed E-state index contributed by atoms with van der Waals surface area (Å²) in [6, 6.07) is 9.29. The molecule has 0 bridgehead atoms. The number of aliphatic carboxylic acids is 1. The average molecular weight is 317 g/mol. The second-order valence-electron chi connectivity index (χ2n) is 4.76. The molecule has 0 saturated heterocycles. The highest BCUT2D eigenvalue weighted by Crippen LogP contribution is 2.03. The molecule has 0 aliphatic carbocycles. The molecule has 0 heterocycles. The van der Waals surface area contributed by atoms with E-state index >= 15 is 0 Å². The SMILES string of the molecule is CC(O)(CNS(=O)(=O)CCOCc1ccccc1)C(=O)O. The number of hydrogen-bond acceptors (Lipinski definition) is 5. The molecule has 8 heteroatoms. The van der Waals surface area contributed by atoms with Crippen LogP contribution in [0.25, 0.3) is 0 Å². The Morgan fingerprint density at radius 3 is 2.52 bits per heavy atom. The number of hydrogen-bond donors (Lipinski definition) is 3. The van der Waals surface area contributed by atoms with Crippen molar-refractivity contribution < 1.29 is 28.2 Å². The van der Waals surface area contributed by atoms with Gasteiger partial charge in [-0.2, -0.15) is 0 Å². The summed E-state index contributed by atoms with van der Waals surface area (Å²) >= 11 is 0. The lowest BCUT2D eigenvalue weighted by atomic mass is 10.1. The van der Waals surface area contributed by atoms with E-state index in [1.54, 1.807) is 0 Å². The first-order valence-electron chi connectivity index (χ1n) is 6.28. The highest BCUT2D eigenvalue weighted by atomic mass is 32.2. The Bertz CT molecular complexity index is 555. The number of nitrogens with one attached hydrogen (secondary N) is 1. The Morgan fingerprint density at radius 2 is 1.95 bits per heavy atom. The van der Waals surface area contributed by atoms with Crippen molar-refractivity contribution in [2.75, 3.05) is 18.9 Å². The Balaban J connectivity index is 2.32. The van der Waals surface area contributed by atoms with Crippen molar-refractivity contribution >= 4 is 16.0 Å². The lowest BCUT2D eigenvalue weighted by Gasteiger charge is -2.18. The molecule has 7 nitrogen and oxygen atoms in total. The summed E-state index contributed by atoms with van der Waals surface area (Å²) in [5, 5.41) is 18.1. The van der Waals surface area contributed by atoms with E-state index < -0.39 is 28.1 Å². The Morgan fingerprint density at radius 1 is 1.33 bits per heavy atom. The van der Waals surface area contributed by atoms with Crippen LogP contribution in [0.4, 0.5) is 0 Å². The third-order valence-corrected chi connectivity index (χ3v) is 3.99. The fourth-order valence-electron chi connectivity index (χ4n) is 1.33. The molecule has 1 aromatic rings. The molecule has 0 aliphatic rings. The molecule has 0 fully saturated rings. The Labute approximate surface area is 123 Å². The molecule has 0 amide bonds. The van der Waals surface area contributed by atoms with E-state index in [1.807, 2.05) is 35.1 Å². The minimum atomic E-state index is -3.70. The topological polar surface area (TPSA) is 113 Å². The number of rotatable bonds is 9. The molecule has 0 spiro atoms. The molecule has 1 unspecified atom stereocenters. The van der Waals surface area contributed by atoms with Gasteiger partial charge >= 0.3 is 5.97 Å². The van der Waals surface area contributed by atoms with E-state index in [0.29, 0.717) is 6.61 Å². The fourth-order valence-corrected chi connectivity index (χ4v) is 2.31. The number of sulfonamides is 1. The van der Waals surface area contributed by atoms with Gasteiger partial charge in [0.25, 0.3) is 0 Å². The van der Waals surface area contributed by atoms with Gasteiger partial charge in [-0.15, -0.1) is 0 Å². The molecule has 1 atom stereocenters. The van der Waals surface area contributed by atoms with Gasteiger partial charge in [-0.3, -0.25) is 0 Å². The number of carboxylic acids is 1. The molecule has 3 N–H and O–H groups in total. The van der Waals surface area contributed by atoms with Gasteiger partial charge in [0.15, 0.2) is 5.60 Å². The maximum absolute atomic E-state index is 11.6. The summed E-state index contributed by atoms with van der Waals surface area (Å²) < 4.78 is 30.5. The van der Waals surface area contributed by atoms with Crippen LogP contribution in [0.1, 0.15) is 12.5 Å². The van der Waals surface area contributed by atoms with Gasteiger partial charge in [-0.25, -0.2) is 17.9 Å². The van der Waals surface area contributed by atoms with Crippen molar-refractivity contribution in [3.8, 4) is 0 Å². The maximum atomic E-state index is 11.6. The minimum Gasteiger partial charge on any atom is -0.479 e. The Kier molecular flexibility index (Phi) is 6.28. The standard InChI is InChI=1S/C13H19NO6S/c1-13(17,12(15)16)10-14-21(18,19)8-7-20-9-11-5-3-2-4-6-11/h2-6,14,17H,7-10H2,1H3,(H,15,16). The van der Waals surface area contributed by atoms with E-state index in [1.165, 1.54) is 0 Å². The van der Waals surface area contributed by atoms with Gasteiger partial charge in [-0.1, -0.05) is 30.3 Å². The summed E-state index contributed by atoms with van der Waals surface area (Å²) in [6.07, 6.45) is 0. The van der Waals surface area contributed by atoms with Gasteiger partial charge in [-0.05, 0) is 12.5 Å². The number of carboxylic acid groups (broad SMARTS) is 1. The molecule has 0 radical (unpaired) electrons. The van der Waals surface area contributed by atoms with Crippen molar-refractivity contribution in [2.24, 2.45) is 0 Å². The Hall–Kier alpha value is -1.48. The van der Waals surface area contributed by atoms with Crippen LogP contribution in [0.3, 0.4) is 0 Å². The molecule has 0 aliphatic heterocycles. The number of benzene rings is 1. The predicted octanol–water partition coefficient (Wildman–Crippen LogP) is -0.0418. The zero-order valence-electron chi connectivity index (χ0n) is 11.7. The van der Waals surface area contributed by atoms with Crippen LogP contribution in [-0.2, 0) is 26.2 Å². The number of aliphatic hydroxyl groups is 1. The summed E-state index contributed by atoms with van der Waals surface area (Å²) in [4.78, 5) is 10.6. The van der Waals surface area contributed by atoms with Gasteiger partial charge in [0.1, 0.15) is 0 Å². The molecule has 1 aromatic carbocycles. The average Bonchev–Trinajstić information content (AvgIpc) is 2.43. The maximum Gasteiger partial charge on any atom is 0.336 e. The number of carbonyl (C=O) groups is 1. The summed E-state index contributed by atoms with van der Waals surface area (Å²) in [5.41, 5.74) is -1.21.